The molecule has 0 aliphatic heterocycles. The van der Waals surface area contributed by atoms with Crippen LogP contribution in [0.25, 0.3) is 0 Å². The SMILES string of the molecule is CCC(CC)N(CC(C)C)C(=O)c1ccc(F)cc1I. The molecule has 4 heteroatoms. The number of carbonyl (C=O) groups excluding carboxylic acids is 1. The van der Waals surface area contributed by atoms with E-state index < -0.39 is 0 Å². The molecular weight excluding hydrogens is 368 g/mol. The van der Waals surface area contributed by atoms with Gasteiger partial charge in [0, 0.05) is 16.2 Å². The molecular formula is C16H23FINO. The number of hydrogen-bond donors (Lipinski definition) is 0. The highest BCUT2D eigenvalue weighted by atomic mass is 127. The maximum absolute atomic E-state index is 13.2. The van der Waals surface area contributed by atoms with Gasteiger partial charge in [0.1, 0.15) is 5.82 Å². The summed E-state index contributed by atoms with van der Waals surface area (Å²) in [6, 6.07) is 4.60. The molecule has 0 unspecified atom stereocenters. The van der Waals surface area contributed by atoms with Crippen molar-refractivity contribution in [2.45, 2.75) is 46.6 Å². The zero-order valence-electron chi connectivity index (χ0n) is 12.6. The fourth-order valence-electron chi connectivity index (χ4n) is 2.34. The van der Waals surface area contributed by atoms with Crippen LogP contribution in [0.5, 0.6) is 0 Å². The Morgan fingerprint density at radius 2 is 1.90 bits per heavy atom. The fourth-order valence-corrected chi connectivity index (χ4v) is 3.05. The molecule has 2 nitrogen and oxygen atoms in total. The van der Waals surface area contributed by atoms with Crippen molar-refractivity contribution in [3.8, 4) is 0 Å². The Morgan fingerprint density at radius 1 is 1.30 bits per heavy atom. The molecule has 1 rings (SSSR count). The van der Waals surface area contributed by atoms with E-state index in [9.17, 15) is 9.18 Å². The van der Waals surface area contributed by atoms with Gasteiger partial charge >= 0.3 is 0 Å². The Kier molecular flexibility index (Phi) is 6.92. The molecule has 20 heavy (non-hydrogen) atoms. The summed E-state index contributed by atoms with van der Waals surface area (Å²) in [5.74, 6) is 0.123. The van der Waals surface area contributed by atoms with E-state index in [1.165, 1.54) is 12.1 Å². The molecule has 0 aromatic heterocycles. The van der Waals surface area contributed by atoms with Crippen molar-refractivity contribution < 1.29 is 9.18 Å². The molecule has 0 N–H and O–H groups in total. The Balaban J connectivity index is 3.09. The molecule has 112 valence electrons. The van der Waals surface area contributed by atoms with Crippen molar-refractivity contribution >= 4 is 28.5 Å². The van der Waals surface area contributed by atoms with Crippen LogP contribution in [-0.2, 0) is 0 Å². The van der Waals surface area contributed by atoms with Gasteiger partial charge in [-0.1, -0.05) is 27.7 Å². The highest BCUT2D eigenvalue weighted by Gasteiger charge is 2.24. The topological polar surface area (TPSA) is 20.3 Å². The van der Waals surface area contributed by atoms with Crippen LogP contribution in [0, 0.1) is 15.3 Å². The number of hydrogen-bond acceptors (Lipinski definition) is 1. The summed E-state index contributed by atoms with van der Waals surface area (Å²) < 4.78 is 13.9. The lowest BCUT2D eigenvalue weighted by atomic mass is 10.1. The monoisotopic (exact) mass is 391 g/mol. The van der Waals surface area contributed by atoms with Crippen LogP contribution in [-0.4, -0.2) is 23.4 Å². The third-order valence-corrected chi connectivity index (χ3v) is 4.26. The van der Waals surface area contributed by atoms with Gasteiger partial charge in [-0.05, 0) is 59.5 Å². The van der Waals surface area contributed by atoms with E-state index in [1.807, 2.05) is 27.5 Å². The van der Waals surface area contributed by atoms with Crippen LogP contribution in [0.1, 0.15) is 50.9 Å². The minimum absolute atomic E-state index is 0.0109. The highest BCUT2D eigenvalue weighted by Crippen LogP contribution is 2.20. The first-order valence-corrected chi connectivity index (χ1v) is 8.24. The predicted molar refractivity (Wildman–Crippen MR) is 89.4 cm³/mol. The van der Waals surface area contributed by atoms with Crippen LogP contribution in [0.3, 0.4) is 0 Å². The van der Waals surface area contributed by atoms with Gasteiger partial charge in [-0.2, -0.15) is 0 Å². The van der Waals surface area contributed by atoms with Crippen molar-refractivity contribution in [2.24, 2.45) is 5.92 Å². The van der Waals surface area contributed by atoms with Crippen molar-refractivity contribution in [3.05, 3.63) is 33.1 Å². The van der Waals surface area contributed by atoms with Crippen LogP contribution in [0.4, 0.5) is 4.39 Å². The number of carbonyl (C=O) groups is 1. The van der Waals surface area contributed by atoms with E-state index in [2.05, 4.69) is 27.7 Å². The minimum Gasteiger partial charge on any atom is -0.335 e. The van der Waals surface area contributed by atoms with Crippen molar-refractivity contribution in [2.75, 3.05) is 6.54 Å². The summed E-state index contributed by atoms with van der Waals surface area (Å²) >= 11 is 2.03. The quantitative estimate of drug-likeness (QED) is 0.643. The molecule has 1 aromatic rings. The maximum atomic E-state index is 13.2. The second-order valence-corrected chi connectivity index (χ2v) is 6.61. The Bertz CT molecular complexity index is 458. The summed E-state index contributed by atoms with van der Waals surface area (Å²) in [6.07, 6.45) is 1.87. The van der Waals surface area contributed by atoms with E-state index in [0.29, 0.717) is 15.1 Å². The molecule has 1 aromatic carbocycles. The first-order valence-electron chi connectivity index (χ1n) is 7.16. The zero-order valence-corrected chi connectivity index (χ0v) is 14.8. The third-order valence-electron chi connectivity index (χ3n) is 3.37. The average Bonchev–Trinajstić information content (AvgIpc) is 2.37. The van der Waals surface area contributed by atoms with Gasteiger partial charge in [0.05, 0.1) is 5.56 Å². The van der Waals surface area contributed by atoms with Gasteiger partial charge in [-0.25, -0.2) is 4.39 Å². The second kappa shape index (κ2) is 7.96. The highest BCUT2D eigenvalue weighted by molar-refractivity contribution is 14.1. The lowest BCUT2D eigenvalue weighted by Crippen LogP contribution is -2.42. The lowest BCUT2D eigenvalue weighted by Gasteiger charge is -2.32. The molecule has 0 saturated heterocycles. The normalized spacial score (nSPS) is 11.2. The smallest absolute Gasteiger partial charge is 0.255 e. The van der Waals surface area contributed by atoms with Crippen molar-refractivity contribution in [1.82, 2.24) is 4.90 Å². The molecule has 0 heterocycles. The summed E-state index contributed by atoms with van der Waals surface area (Å²) in [5.41, 5.74) is 0.597. The molecule has 1 amide bonds. The number of rotatable bonds is 6. The Hall–Kier alpha value is -0.650. The van der Waals surface area contributed by atoms with Crippen LogP contribution < -0.4 is 0 Å². The molecule has 0 fully saturated rings. The standard InChI is InChI=1S/C16H23FINO/c1-5-13(6-2)19(10-11(3)4)16(20)14-8-7-12(17)9-15(14)18/h7-9,11,13H,5-6,10H2,1-4H3. The molecule has 0 atom stereocenters. The number of benzene rings is 1. The van der Waals surface area contributed by atoms with E-state index in [4.69, 9.17) is 0 Å². The van der Waals surface area contributed by atoms with Crippen LogP contribution >= 0.6 is 22.6 Å². The maximum Gasteiger partial charge on any atom is 0.255 e. The first kappa shape index (κ1) is 17.4. The Morgan fingerprint density at radius 3 is 2.35 bits per heavy atom. The molecule has 0 radical (unpaired) electrons. The van der Waals surface area contributed by atoms with E-state index in [0.717, 1.165) is 19.4 Å². The largest absolute Gasteiger partial charge is 0.335 e. The van der Waals surface area contributed by atoms with E-state index in [-0.39, 0.29) is 17.8 Å². The molecule has 0 aliphatic rings. The summed E-state index contributed by atoms with van der Waals surface area (Å²) in [5, 5.41) is 0. The van der Waals surface area contributed by atoms with Crippen molar-refractivity contribution in [3.63, 3.8) is 0 Å². The van der Waals surface area contributed by atoms with Gasteiger partial charge < -0.3 is 4.90 Å². The van der Waals surface area contributed by atoms with Gasteiger partial charge in [-0.3, -0.25) is 4.79 Å². The summed E-state index contributed by atoms with van der Waals surface area (Å²) in [4.78, 5) is 14.7. The molecule has 0 spiro atoms. The lowest BCUT2D eigenvalue weighted by molar-refractivity contribution is 0.0639. The van der Waals surface area contributed by atoms with Crippen LogP contribution in [0.2, 0.25) is 0 Å². The molecule has 0 bridgehead atoms. The summed E-state index contributed by atoms with van der Waals surface area (Å²) in [7, 11) is 0. The van der Waals surface area contributed by atoms with Gasteiger partial charge in [-0.15, -0.1) is 0 Å². The first-order chi connectivity index (χ1) is 9.40. The van der Waals surface area contributed by atoms with Gasteiger partial charge in [0.2, 0.25) is 0 Å². The number of nitrogens with zero attached hydrogens (tertiary/aromatic N) is 1. The summed E-state index contributed by atoms with van der Waals surface area (Å²) in [6.45, 7) is 9.16. The number of halogens is 2. The third kappa shape index (κ3) is 4.43. The number of amides is 1. The van der Waals surface area contributed by atoms with E-state index in [1.54, 1.807) is 6.07 Å². The minimum atomic E-state index is -0.302. The van der Waals surface area contributed by atoms with Crippen LogP contribution in [0.15, 0.2) is 18.2 Å². The van der Waals surface area contributed by atoms with Crippen molar-refractivity contribution in [1.29, 1.82) is 0 Å². The zero-order chi connectivity index (χ0) is 15.3. The van der Waals surface area contributed by atoms with Gasteiger partial charge in [0.15, 0.2) is 0 Å². The molecule has 0 aliphatic carbocycles. The molecule has 0 saturated carbocycles. The Labute approximate surface area is 134 Å². The second-order valence-electron chi connectivity index (χ2n) is 5.45. The van der Waals surface area contributed by atoms with E-state index >= 15 is 0 Å². The van der Waals surface area contributed by atoms with Gasteiger partial charge in [0.25, 0.3) is 5.91 Å². The predicted octanol–water partition coefficient (Wildman–Crippen LogP) is 4.72. The average molecular weight is 391 g/mol. The fraction of sp³-hybridized carbons (Fsp3) is 0.562.